The fourth-order valence-corrected chi connectivity index (χ4v) is 2.34. The summed E-state index contributed by atoms with van der Waals surface area (Å²) in [6.45, 7) is -0.632. The fraction of sp³-hybridized carbons (Fsp3) is 0.333. The standard InChI is InChI=1S/C9H5Cl6O/c10-8(11,12)6-2-1-3-7(5(6)4-16)9(13,14)15/h1-3H,4H2. The van der Waals surface area contributed by atoms with Crippen LogP contribution in [0.15, 0.2) is 18.2 Å². The van der Waals surface area contributed by atoms with Gasteiger partial charge in [-0.15, -0.1) is 0 Å². The third-order valence-electron chi connectivity index (χ3n) is 1.93. The summed E-state index contributed by atoms with van der Waals surface area (Å²) in [4.78, 5) is 0. The third-order valence-corrected chi connectivity index (χ3v) is 3.15. The molecule has 0 aliphatic heterocycles. The van der Waals surface area contributed by atoms with Crippen LogP contribution in [0.25, 0.3) is 0 Å². The number of hydrogen-bond acceptors (Lipinski definition) is 0. The van der Waals surface area contributed by atoms with Crippen molar-refractivity contribution in [1.29, 1.82) is 0 Å². The van der Waals surface area contributed by atoms with E-state index in [4.69, 9.17) is 69.6 Å². The Bertz CT molecular complexity index is 346. The monoisotopic (exact) mass is 339 g/mol. The highest BCUT2D eigenvalue weighted by Gasteiger charge is 2.32. The van der Waals surface area contributed by atoms with Gasteiger partial charge in [0.05, 0.1) is 0 Å². The third kappa shape index (κ3) is 3.46. The molecule has 0 atom stereocenters. The summed E-state index contributed by atoms with van der Waals surface area (Å²) >= 11 is 34.4. The van der Waals surface area contributed by atoms with Crippen LogP contribution in [0.5, 0.6) is 0 Å². The first-order valence-electron chi connectivity index (χ1n) is 4.02. The Balaban J connectivity index is 3.45. The summed E-state index contributed by atoms with van der Waals surface area (Å²) in [5.74, 6) is 0. The zero-order chi connectivity index (χ0) is 12.6. The summed E-state index contributed by atoms with van der Waals surface area (Å²) in [5.41, 5.74) is 0.662. The summed E-state index contributed by atoms with van der Waals surface area (Å²) in [5, 5.41) is 11.1. The Morgan fingerprint density at radius 3 is 1.50 bits per heavy atom. The van der Waals surface area contributed by atoms with Gasteiger partial charge in [0.1, 0.15) is 6.61 Å². The van der Waals surface area contributed by atoms with Crippen LogP contribution in [0.2, 0.25) is 0 Å². The molecule has 0 heterocycles. The van der Waals surface area contributed by atoms with Crippen LogP contribution in [0.3, 0.4) is 0 Å². The quantitative estimate of drug-likeness (QED) is 0.620. The van der Waals surface area contributed by atoms with Gasteiger partial charge in [-0.1, -0.05) is 87.8 Å². The molecule has 0 saturated heterocycles. The SMILES string of the molecule is [O]Cc1c(C(Cl)(Cl)Cl)cccc1C(Cl)(Cl)Cl. The van der Waals surface area contributed by atoms with E-state index in [-0.39, 0.29) is 16.7 Å². The van der Waals surface area contributed by atoms with E-state index in [1.165, 1.54) is 12.1 Å². The van der Waals surface area contributed by atoms with E-state index in [0.29, 0.717) is 0 Å². The second-order valence-electron chi connectivity index (χ2n) is 2.97. The summed E-state index contributed by atoms with van der Waals surface area (Å²) in [6.07, 6.45) is 0. The number of alkyl halides is 6. The molecule has 0 amide bonds. The van der Waals surface area contributed by atoms with Crippen LogP contribution < -0.4 is 0 Å². The molecule has 1 aromatic carbocycles. The van der Waals surface area contributed by atoms with Gasteiger partial charge < -0.3 is 0 Å². The molecule has 0 aliphatic carbocycles. The van der Waals surface area contributed by atoms with Crippen molar-refractivity contribution in [3.8, 4) is 0 Å². The van der Waals surface area contributed by atoms with Crippen molar-refractivity contribution in [3.63, 3.8) is 0 Å². The van der Waals surface area contributed by atoms with Crippen LogP contribution >= 0.6 is 69.6 Å². The van der Waals surface area contributed by atoms with Crippen molar-refractivity contribution in [1.82, 2.24) is 0 Å². The van der Waals surface area contributed by atoms with E-state index >= 15 is 0 Å². The van der Waals surface area contributed by atoms with Crippen LogP contribution in [0.1, 0.15) is 16.7 Å². The molecule has 0 bridgehead atoms. The zero-order valence-electron chi connectivity index (χ0n) is 7.62. The Morgan fingerprint density at radius 2 is 1.25 bits per heavy atom. The van der Waals surface area contributed by atoms with E-state index in [1.807, 2.05) is 0 Å². The second kappa shape index (κ2) is 5.27. The van der Waals surface area contributed by atoms with Gasteiger partial charge in [-0.05, 0) is 5.56 Å². The topological polar surface area (TPSA) is 19.9 Å². The predicted molar refractivity (Wildman–Crippen MR) is 69.3 cm³/mol. The normalized spacial score (nSPS) is 12.9. The molecule has 89 valence electrons. The van der Waals surface area contributed by atoms with Crippen molar-refractivity contribution in [2.24, 2.45) is 0 Å². The molecule has 1 radical (unpaired) electrons. The number of hydrogen-bond donors (Lipinski definition) is 0. The Hall–Kier alpha value is 0.920. The van der Waals surface area contributed by atoms with Crippen LogP contribution in [-0.4, -0.2) is 0 Å². The van der Waals surface area contributed by atoms with Gasteiger partial charge in [0, 0.05) is 11.1 Å². The lowest BCUT2D eigenvalue weighted by molar-refractivity contribution is 0.176. The number of benzene rings is 1. The second-order valence-corrected chi connectivity index (χ2v) is 7.53. The van der Waals surface area contributed by atoms with E-state index in [0.717, 1.165) is 0 Å². The molecule has 0 spiro atoms. The molecule has 1 aromatic rings. The van der Waals surface area contributed by atoms with Crippen molar-refractivity contribution in [3.05, 3.63) is 34.9 Å². The molecule has 1 nitrogen and oxygen atoms in total. The highest BCUT2D eigenvalue weighted by Crippen LogP contribution is 2.46. The van der Waals surface area contributed by atoms with Gasteiger partial charge >= 0.3 is 0 Å². The Morgan fingerprint density at radius 1 is 0.875 bits per heavy atom. The average Bonchev–Trinajstić information content (AvgIpc) is 2.13. The molecule has 0 saturated carbocycles. The van der Waals surface area contributed by atoms with Crippen LogP contribution in [0.4, 0.5) is 0 Å². The molecular formula is C9H5Cl6O. The molecular weight excluding hydrogens is 337 g/mol. The van der Waals surface area contributed by atoms with Crippen LogP contribution in [0, 0.1) is 0 Å². The van der Waals surface area contributed by atoms with Crippen molar-refractivity contribution in [2.75, 3.05) is 0 Å². The minimum Gasteiger partial charge on any atom is -0.232 e. The lowest BCUT2D eigenvalue weighted by Crippen LogP contribution is -2.12. The van der Waals surface area contributed by atoms with E-state index in [1.54, 1.807) is 6.07 Å². The highest BCUT2D eigenvalue weighted by atomic mass is 35.6. The number of halogens is 6. The molecule has 0 aromatic heterocycles. The Labute approximate surface area is 123 Å². The first-order valence-corrected chi connectivity index (χ1v) is 6.29. The summed E-state index contributed by atoms with van der Waals surface area (Å²) in [7, 11) is 0. The maximum atomic E-state index is 11.1. The molecule has 16 heavy (non-hydrogen) atoms. The molecule has 0 aliphatic rings. The summed E-state index contributed by atoms with van der Waals surface area (Å²) < 4.78 is -3.43. The van der Waals surface area contributed by atoms with Gasteiger partial charge in [0.15, 0.2) is 0 Å². The minimum atomic E-state index is -1.72. The fourth-order valence-electron chi connectivity index (χ4n) is 1.27. The zero-order valence-corrected chi connectivity index (χ0v) is 12.2. The summed E-state index contributed by atoms with van der Waals surface area (Å²) in [6, 6.07) is 4.59. The lowest BCUT2D eigenvalue weighted by atomic mass is 10.0. The predicted octanol–water partition coefficient (Wildman–Crippen LogP) is 5.27. The highest BCUT2D eigenvalue weighted by molar-refractivity contribution is 6.67. The first-order chi connectivity index (χ1) is 7.18. The van der Waals surface area contributed by atoms with Crippen molar-refractivity contribution >= 4 is 69.6 Å². The molecule has 0 fully saturated rings. The maximum absolute atomic E-state index is 11.1. The van der Waals surface area contributed by atoms with Gasteiger partial charge in [0.2, 0.25) is 7.59 Å². The van der Waals surface area contributed by atoms with Gasteiger partial charge in [-0.2, -0.15) is 0 Å². The average molecular weight is 342 g/mol. The molecule has 0 unspecified atom stereocenters. The van der Waals surface area contributed by atoms with E-state index in [2.05, 4.69) is 0 Å². The van der Waals surface area contributed by atoms with Crippen molar-refractivity contribution < 1.29 is 5.11 Å². The Kier molecular flexibility index (Phi) is 4.94. The molecule has 7 heteroatoms. The van der Waals surface area contributed by atoms with Gasteiger partial charge in [-0.25, -0.2) is 5.11 Å². The first kappa shape index (κ1) is 15.0. The maximum Gasteiger partial charge on any atom is 0.216 e. The largest absolute Gasteiger partial charge is 0.232 e. The molecule has 0 N–H and O–H groups in total. The number of rotatable bonds is 1. The van der Waals surface area contributed by atoms with Gasteiger partial charge in [0.25, 0.3) is 0 Å². The lowest BCUT2D eigenvalue weighted by Gasteiger charge is -2.21. The minimum absolute atomic E-state index is 0.197. The van der Waals surface area contributed by atoms with Crippen molar-refractivity contribution in [2.45, 2.75) is 14.2 Å². The van der Waals surface area contributed by atoms with E-state index < -0.39 is 14.2 Å². The van der Waals surface area contributed by atoms with Crippen LogP contribution in [-0.2, 0) is 19.3 Å². The van der Waals surface area contributed by atoms with Gasteiger partial charge in [-0.3, -0.25) is 0 Å². The van der Waals surface area contributed by atoms with E-state index in [9.17, 15) is 5.11 Å². The smallest absolute Gasteiger partial charge is 0.216 e. The molecule has 1 rings (SSSR count).